The fourth-order valence-electron chi connectivity index (χ4n) is 1.73. The van der Waals surface area contributed by atoms with E-state index in [1.807, 2.05) is 31.2 Å². The maximum absolute atomic E-state index is 9.85. The Bertz CT molecular complexity index is 324. The second kappa shape index (κ2) is 7.30. The van der Waals surface area contributed by atoms with E-state index in [9.17, 15) is 5.11 Å². The number of aryl methyl sites for hydroxylation is 1. The highest BCUT2D eigenvalue weighted by Crippen LogP contribution is 2.12. The first-order chi connectivity index (χ1) is 8.15. The number of nitrogens with zero attached hydrogens (tertiary/aromatic N) is 1. The first kappa shape index (κ1) is 14.0. The SMILES string of the molecule is CCN(CC)CC(O)COc1cccc(C)c1. The number of aliphatic hydroxyl groups is 1. The normalized spacial score (nSPS) is 12.8. The van der Waals surface area contributed by atoms with Crippen LogP contribution in [0.15, 0.2) is 24.3 Å². The van der Waals surface area contributed by atoms with Gasteiger partial charge in [-0.15, -0.1) is 0 Å². The molecule has 1 aromatic rings. The van der Waals surface area contributed by atoms with E-state index in [1.54, 1.807) is 0 Å². The van der Waals surface area contributed by atoms with Crippen molar-refractivity contribution in [2.45, 2.75) is 26.9 Å². The zero-order valence-corrected chi connectivity index (χ0v) is 11.0. The number of likely N-dealkylation sites (N-methyl/N-ethyl adjacent to an activating group) is 1. The molecular formula is C14H23NO2. The highest BCUT2D eigenvalue weighted by molar-refractivity contribution is 5.27. The van der Waals surface area contributed by atoms with E-state index < -0.39 is 6.10 Å². The highest BCUT2D eigenvalue weighted by atomic mass is 16.5. The van der Waals surface area contributed by atoms with Gasteiger partial charge in [0.25, 0.3) is 0 Å². The molecular weight excluding hydrogens is 214 g/mol. The fraction of sp³-hybridized carbons (Fsp3) is 0.571. The van der Waals surface area contributed by atoms with Crippen molar-refractivity contribution in [1.82, 2.24) is 4.90 Å². The van der Waals surface area contributed by atoms with Crippen molar-refractivity contribution in [3.63, 3.8) is 0 Å². The van der Waals surface area contributed by atoms with Crippen molar-refractivity contribution in [3.05, 3.63) is 29.8 Å². The minimum absolute atomic E-state index is 0.347. The van der Waals surface area contributed by atoms with Gasteiger partial charge in [0.1, 0.15) is 18.5 Å². The van der Waals surface area contributed by atoms with Gasteiger partial charge in [-0.25, -0.2) is 0 Å². The predicted octanol–water partition coefficient (Wildman–Crippen LogP) is 2.08. The molecule has 1 aromatic carbocycles. The maximum atomic E-state index is 9.85. The van der Waals surface area contributed by atoms with Crippen LogP contribution in [0.4, 0.5) is 0 Å². The summed E-state index contributed by atoms with van der Waals surface area (Å²) in [6.45, 7) is 9.14. The molecule has 0 aromatic heterocycles. The highest BCUT2D eigenvalue weighted by Gasteiger charge is 2.09. The lowest BCUT2D eigenvalue weighted by Crippen LogP contribution is -2.35. The Morgan fingerprint density at radius 1 is 1.29 bits per heavy atom. The van der Waals surface area contributed by atoms with Crippen LogP contribution in [0.25, 0.3) is 0 Å². The first-order valence-electron chi connectivity index (χ1n) is 6.25. The van der Waals surface area contributed by atoms with Gasteiger partial charge < -0.3 is 14.7 Å². The third-order valence-corrected chi connectivity index (χ3v) is 2.80. The summed E-state index contributed by atoms with van der Waals surface area (Å²) in [7, 11) is 0. The summed E-state index contributed by atoms with van der Waals surface area (Å²) in [4.78, 5) is 2.18. The van der Waals surface area contributed by atoms with Gasteiger partial charge in [-0.3, -0.25) is 0 Å². The Hall–Kier alpha value is -1.06. The third-order valence-electron chi connectivity index (χ3n) is 2.80. The van der Waals surface area contributed by atoms with Gasteiger partial charge in [0.2, 0.25) is 0 Å². The molecule has 0 heterocycles. The predicted molar refractivity (Wildman–Crippen MR) is 70.5 cm³/mol. The van der Waals surface area contributed by atoms with Crippen LogP contribution in [-0.2, 0) is 0 Å². The standard InChI is InChI=1S/C14H23NO2/c1-4-15(5-2)10-13(16)11-17-14-8-6-7-12(3)9-14/h6-9,13,16H,4-5,10-11H2,1-3H3. The minimum Gasteiger partial charge on any atom is -0.491 e. The molecule has 0 saturated carbocycles. The summed E-state index contributed by atoms with van der Waals surface area (Å²) in [5, 5.41) is 9.85. The molecule has 96 valence electrons. The fourth-order valence-corrected chi connectivity index (χ4v) is 1.73. The van der Waals surface area contributed by atoms with E-state index in [1.165, 1.54) is 5.56 Å². The molecule has 0 spiro atoms. The zero-order valence-electron chi connectivity index (χ0n) is 11.0. The molecule has 3 heteroatoms. The van der Waals surface area contributed by atoms with Crippen LogP contribution < -0.4 is 4.74 Å². The van der Waals surface area contributed by atoms with Crippen LogP contribution in [0.5, 0.6) is 5.75 Å². The summed E-state index contributed by atoms with van der Waals surface area (Å²) in [5.41, 5.74) is 1.17. The summed E-state index contributed by atoms with van der Waals surface area (Å²) in [6, 6.07) is 7.88. The molecule has 1 atom stereocenters. The Kier molecular flexibility index (Phi) is 6.01. The summed E-state index contributed by atoms with van der Waals surface area (Å²) in [5.74, 6) is 0.823. The molecule has 1 unspecified atom stereocenters. The van der Waals surface area contributed by atoms with Crippen molar-refractivity contribution in [2.75, 3.05) is 26.2 Å². The van der Waals surface area contributed by atoms with Crippen LogP contribution in [-0.4, -0.2) is 42.4 Å². The Labute approximate surface area is 104 Å². The lowest BCUT2D eigenvalue weighted by molar-refractivity contribution is 0.0716. The quantitative estimate of drug-likeness (QED) is 0.788. The van der Waals surface area contributed by atoms with Gasteiger partial charge in [-0.05, 0) is 37.7 Å². The Morgan fingerprint density at radius 3 is 2.59 bits per heavy atom. The lowest BCUT2D eigenvalue weighted by Gasteiger charge is -2.21. The largest absolute Gasteiger partial charge is 0.491 e. The van der Waals surface area contributed by atoms with Crippen LogP contribution in [0, 0.1) is 6.92 Å². The van der Waals surface area contributed by atoms with Crippen LogP contribution in [0.2, 0.25) is 0 Å². The van der Waals surface area contributed by atoms with E-state index in [-0.39, 0.29) is 0 Å². The molecule has 0 saturated heterocycles. The van der Waals surface area contributed by atoms with Crippen molar-refractivity contribution in [1.29, 1.82) is 0 Å². The van der Waals surface area contributed by atoms with Crippen LogP contribution in [0.1, 0.15) is 19.4 Å². The average molecular weight is 237 g/mol. The molecule has 0 amide bonds. The van der Waals surface area contributed by atoms with Crippen molar-refractivity contribution in [2.24, 2.45) is 0 Å². The molecule has 0 fully saturated rings. The number of aliphatic hydroxyl groups excluding tert-OH is 1. The summed E-state index contributed by atoms with van der Waals surface area (Å²) < 4.78 is 5.56. The van der Waals surface area contributed by atoms with Crippen molar-refractivity contribution in [3.8, 4) is 5.75 Å². The minimum atomic E-state index is -0.435. The molecule has 1 rings (SSSR count). The molecule has 0 aliphatic rings. The van der Waals surface area contributed by atoms with Crippen LogP contribution >= 0.6 is 0 Å². The van der Waals surface area contributed by atoms with E-state index >= 15 is 0 Å². The molecule has 17 heavy (non-hydrogen) atoms. The summed E-state index contributed by atoms with van der Waals surface area (Å²) >= 11 is 0. The number of hydrogen-bond donors (Lipinski definition) is 1. The molecule has 1 N–H and O–H groups in total. The van der Waals surface area contributed by atoms with Gasteiger partial charge >= 0.3 is 0 Å². The van der Waals surface area contributed by atoms with E-state index in [0.717, 1.165) is 18.8 Å². The zero-order chi connectivity index (χ0) is 12.7. The molecule has 0 aliphatic heterocycles. The Balaban J connectivity index is 2.35. The van der Waals surface area contributed by atoms with E-state index in [0.29, 0.717) is 13.2 Å². The van der Waals surface area contributed by atoms with Crippen molar-refractivity contribution < 1.29 is 9.84 Å². The topological polar surface area (TPSA) is 32.7 Å². The van der Waals surface area contributed by atoms with E-state index in [4.69, 9.17) is 4.74 Å². The molecule has 0 bridgehead atoms. The van der Waals surface area contributed by atoms with Crippen molar-refractivity contribution >= 4 is 0 Å². The lowest BCUT2D eigenvalue weighted by atomic mass is 10.2. The number of ether oxygens (including phenoxy) is 1. The van der Waals surface area contributed by atoms with Gasteiger partial charge in [0, 0.05) is 6.54 Å². The van der Waals surface area contributed by atoms with Gasteiger partial charge in [-0.1, -0.05) is 26.0 Å². The molecule has 0 aliphatic carbocycles. The first-order valence-corrected chi connectivity index (χ1v) is 6.25. The van der Waals surface area contributed by atoms with Crippen LogP contribution in [0.3, 0.4) is 0 Å². The second-order valence-electron chi connectivity index (χ2n) is 4.27. The van der Waals surface area contributed by atoms with Gasteiger partial charge in [-0.2, -0.15) is 0 Å². The average Bonchev–Trinajstić information content (AvgIpc) is 2.33. The summed E-state index contributed by atoms with van der Waals surface area (Å²) in [6.07, 6.45) is -0.435. The number of hydrogen-bond acceptors (Lipinski definition) is 3. The number of rotatable bonds is 7. The third kappa shape index (κ3) is 5.20. The van der Waals surface area contributed by atoms with Gasteiger partial charge in [0.15, 0.2) is 0 Å². The smallest absolute Gasteiger partial charge is 0.119 e. The van der Waals surface area contributed by atoms with E-state index in [2.05, 4.69) is 18.7 Å². The maximum Gasteiger partial charge on any atom is 0.119 e. The number of benzene rings is 1. The monoisotopic (exact) mass is 237 g/mol. The van der Waals surface area contributed by atoms with Gasteiger partial charge in [0.05, 0.1) is 0 Å². The molecule has 3 nitrogen and oxygen atoms in total. The second-order valence-corrected chi connectivity index (χ2v) is 4.27. The molecule has 0 radical (unpaired) electrons. The Morgan fingerprint density at radius 2 is 2.00 bits per heavy atom.